The van der Waals surface area contributed by atoms with Gasteiger partial charge in [-0.05, 0) is 38.2 Å². The van der Waals surface area contributed by atoms with Crippen molar-refractivity contribution in [2.45, 2.75) is 32.7 Å². The molecule has 2 N–H and O–H groups in total. The van der Waals surface area contributed by atoms with Crippen molar-refractivity contribution in [1.29, 1.82) is 5.41 Å². The smallest absolute Gasteiger partial charge is 0.228 e. The van der Waals surface area contributed by atoms with Crippen LogP contribution < -0.4 is 15.0 Å². The number of ether oxygens (including phenoxy) is 2. The maximum Gasteiger partial charge on any atom is 0.228 e. The van der Waals surface area contributed by atoms with E-state index in [1.54, 1.807) is 25.6 Å². The summed E-state index contributed by atoms with van der Waals surface area (Å²) in [7, 11) is 1.65. The highest BCUT2D eigenvalue weighted by molar-refractivity contribution is 5.59. The van der Waals surface area contributed by atoms with Crippen LogP contribution in [-0.2, 0) is 6.54 Å². The molecule has 4 rings (SSSR count). The first kappa shape index (κ1) is 21.9. The third-order valence-corrected chi connectivity index (χ3v) is 6.11. The van der Waals surface area contributed by atoms with E-state index < -0.39 is 0 Å². The van der Waals surface area contributed by atoms with Gasteiger partial charge in [0.2, 0.25) is 5.88 Å². The Hall–Kier alpha value is -3.32. The largest absolute Gasteiger partial charge is 0.508 e. The number of nitrogens with zero attached hydrogens (tertiary/aromatic N) is 3. The highest BCUT2D eigenvalue weighted by atomic mass is 16.5. The van der Waals surface area contributed by atoms with Crippen LogP contribution in [0.5, 0.6) is 23.1 Å². The molecule has 0 unspecified atom stereocenters. The Bertz CT molecular complexity index is 1150. The van der Waals surface area contributed by atoms with Crippen molar-refractivity contribution in [3.63, 3.8) is 0 Å². The van der Waals surface area contributed by atoms with Crippen molar-refractivity contribution in [1.82, 2.24) is 14.5 Å². The molecule has 1 aliphatic rings. The summed E-state index contributed by atoms with van der Waals surface area (Å²) in [5, 5.41) is 19.0. The van der Waals surface area contributed by atoms with Crippen LogP contribution in [0.15, 0.2) is 48.8 Å². The lowest BCUT2D eigenvalue weighted by Crippen LogP contribution is -2.31. The maximum absolute atomic E-state index is 10.0. The molecule has 0 bridgehead atoms. The number of hydrogen-bond donors (Lipinski definition) is 2. The fraction of sp³-hybridized carbons (Fsp3) is 0.360. The number of phenols is 1. The quantitative estimate of drug-likeness (QED) is 0.436. The van der Waals surface area contributed by atoms with Gasteiger partial charge in [-0.2, -0.15) is 0 Å². The Labute approximate surface area is 188 Å². The van der Waals surface area contributed by atoms with Gasteiger partial charge in [-0.25, -0.2) is 4.98 Å². The lowest BCUT2D eigenvalue weighted by Gasteiger charge is -2.29. The predicted molar refractivity (Wildman–Crippen MR) is 123 cm³/mol. The number of aromatic nitrogens is 2. The number of aromatic hydroxyl groups is 1. The minimum atomic E-state index is -0.291. The number of nitrogens with one attached hydrogen (secondary N) is 1. The number of phenolic OH excluding ortho intramolecular Hbond substituents is 1. The van der Waals surface area contributed by atoms with Gasteiger partial charge in [-0.3, -0.25) is 5.41 Å². The molecule has 2 aromatic carbocycles. The first-order chi connectivity index (χ1) is 15.6. The second-order valence-corrected chi connectivity index (χ2v) is 7.88. The van der Waals surface area contributed by atoms with Crippen LogP contribution >= 0.6 is 0 Å². The molecule has 1 atom stereocenters. The Morgan fingerprint density at radius 1 is 1.16 bits per heavy atom. The first-order valence-corrected chi connectivity index (χ1v) is 11.1. The number of fused-ring (bicyclic) bond motifs is 2. The molecule has 7 heteroatoms. The molecule has 3 aromatic rings. The van der Waals surface area contributed by atoms with Gasteiger partial charge in [-0.1, -0.05) is 38.1 Å². The number of benzene rings is 2. The predicted octanol–water partition coefficient (Wildman–Crippen LogP) is 4.09. The third-order valence-electron chi connectivity index (χ3n) is 6.11. The van der Waals surface area contributed by atoms with Gasteiger partial charge in [0.05, 0.1) is 18.6 Å². The summed E-state index contributed by atoms with van der Waals surface area (Å²) in [6, 6.07) is 12.9. The molecule has 1 aliphatic heterocycles. The lowest BCUT2D eigenvalue weighted by atomic mass is 9.83. The van der Waals surface area contributed by atoms with Gasteiger partial charge in [0.25, 0.3) is 0 Å². The van der Waals surface area contributed by atoms with E-state index in [1.807, 2.05) is 34.9 Å². The van der Waals surface area contributed by atoms with E-state index in [9.17, 15) is 5.11 Å². The molecule has 168 valence electrons. The van der Waals surface area contributed by atoms with Gasteiger partial charge < -0.3 is 24.0 Å². The number of para-hydroxylation sites is 1. The molecule has 0 amide bonds. The zero-order valence-corrected chi connectivity index (χ0v) is 18.8. The fourth-order valence-electron chi connectivity index (χ4n) is 4.36. The second kappa shape index (κ2) is 9.44. The number of methoxy groups -OCH3 is 1. The molecule has 1 aromatic heterocycles. The Morgan fingerprint density at radius 3 is 2.69 bits per heavy atom. The van der Waals surface area contributed by atoms with E-state index in [0.29, 0.717) is 29.2 Å². The topological polar surface area (TPSA) is 83.6 Å². The maximum atomic E-state index is 10.0. The molecule has 7 nitrogen and oxygen atoms in total. The SMILES string of the molecule is CCN(CC)CCCn1cnc2c(c1=N)[C@@H](c1ccccc1OC)c1ccc(O)cc1O2. The van der Waals surface area contributed by atoms with Crippen molar-refractivity contribution < 1.29 is 14.6 Å². The molecule has 0 fully saturated rings. The van der Waals surface area contributed by atoms with Gasteiger partial charge in [-0.15, -0.1) is 0 Å². The van der Waals surface area contributed by atoms with Crippen molar-refractivity contribution in [2.75, 3.05) is 26.7 Å². The fourth-order valence-corrected chi connectivity index (χ4v) is 4.36. The molecule has 2 heterocycles. The van der Waals surface area contributed by atoms with Gasteiger partial charge in [0.1, 0.15) is 29.1 Å². The monoisotopic (exact) mass is 434 g/mol. The molecule has 0 spiro atoms. The lowest BCUT2D eigenvalue weighted by molar-refractivity contribution is 0.291. The number of aryl methyl sites for hydroxylation is 1. The van der Waals surface area contributed by atoms with E-state index in [4.69, 9.17) is 14.9 Å². The summed E-state index contributed by atoms with van der Waals surface area (Å²) in [4.78, 5) is 6.94. The standard InChI is InChI=1S/C25H30N4O3/c1-4-28(5-2)13-8-14-29-16-27-25-23(24(29)26)22(18-9-6-7-10-20(18)31-3)19-12-11-17(30)15-21(19)32-25/h6-7,9-12,15-16,22,26,30H,4-5,8,13-14H2,1-3H3/t22-/m0/s1. The zero-order chi connectivity index (χ0) is 22.7. The minimum absolute atomic E-state index is 0.125. The summed E-state index contributed by atoms with van der Waals surface area (Å²) in [6.07, 6.45) is 2.61. The summed E-state index contributed by atoms with van der Waals surface area (Å²) in [5.74, 6) is 1.50. The minimum Gasteiger partial charge on any atom is -0.508 e. The highest BCUT2D eigenvalue weighted by Gasteiger charge is 2.33. The number of hydrogen-bond acceptors (Lipinski definition) is 6. The number of rotatable bonds is 8. The van der Waals surface area contributed by atoms with Crippen molar-refractivity contribution >= 4 is 0 Å². The highest BCUT2D eigenvalue weighted by Crippen LogP contribution is 2.47. The molecular formula is C25H30N4O3. The van der Waals surface area contributed by atoms with Crippen molar-refractivity contribution in [3.8, 4) is 23.1 Å². The molecule has 0 radical (unpaired) electrons. The van der Waals surface area contributed by atoms with E-state index in [2.05, 4.69) is 23.7 Å². The Morgan fingerprint density at radius 2 is 1.94 bits per heavy atom. The summed E-state index contributed by atoms with van der Waals surface area (Å²) in [6.45, 7) is 8.05. The van der Waals surface area contributed by atoms with Crippen LogP contribution in [0.3, 0.4) is 0 Å². The molecule has 0 aliphatic carbocycles. The average molecular weight is 435 g/mol. The molecule has 0 saturated carbocycles. The van der Waals surface area contributed by atoms with Gasteiger partial charge in [0.15, 0.2) is 0 Å². The summed E-state index contributed by atoms with van der Waals surface area (Å²) >= 11 is 0. The Kier molecular flexibility index (Phi) is 6.46. The van der Waals surface area contributed by atoms with Crippen molar-refractivity contribution in [3.05, 3.63) is 71.0 Å². The van der Waals surface area contributed by atoms with Crippen LogP contribution in [0.25, 0.3) is 0 Å². The van der Waals surface area contributed by atoms with Crippen LogP contribution in [0.2, 0.25) is 0 Å². The van der Waals surface area contributed by atoms with E-state index in [1.165, 1.54) is 0 Å². The normalized spacial score (nSPS) is 14.6. The van der Waals surface area contributed by atoms with Gasteiger partial charge in [0, 0.05) is 23.7 Å². The molecular weight excluding hydrogens is 404 g/mol. The Balaban J connectivity index is 1.79. The van der Waals surface area contributed by atoms with E-state index in [0.717, 1.165) is 42.9 Å². The van der Waals surface area contributed by atoms with Crippen molar-refractivity contribution in [2.24, 2.45) is 0 Å². The summed E-state index contributed by atoms with van der Waals surface area (Å²) < 4.78 is 13.6. The van der Waals surface area contributed by atoms with Crippen LogP contribution in [0.4, 0.5) is 0 Å². The van der Waals surface area contributed by atoms with E-state index >= 15 is 0 Å². The van der Waals surface area contributed by atoms with Crippen LogP contribution in [-0.4, -0.2) is 46.3 Å². The molecule has 0 saturated heterocycles. The first-order valence-electron chi connectivity index (χ1n) is 11.1. The molecule has 32 heavy (non-hydrogen) atoms. The summed E-state index contributed by atoms with van der Waals surface area (Å²) in [5.41, 5.74) is 2.89. The van der Waals surface area contributed by atoms with E-state index in [-0.39, 0.29) is 11.7 Å². The van der Waals surface area contributed by atoms with Crippen LogP contribution in [0.1, 0.15) is 42.9 Å². The van der Waals surface area contributed by atoms with Gasteiger partial charge >= 0.3 is 0 Å². The third kappa shape index (κ3) is 4.08. The zero-order valence-electron chi connectivity index (χ0n) is 18.8. The average Bonchev–Trinajstić information content (AvgIpc) is 2.81. The van der Waals surface area contributed by atoms with Crippen LogP contribution in [0, 0.1) is 5.41 Å². The second-order valence-electron chi connectivity index (χ2n) is 7.88.